The lowest BCUT2D eigenvalue weighted by molar-refractivity contribution is -0.199. The molecule has 0 saturated carbocycles. The number of aliphatic hydroxyl groups excluding tert-OH is 1. The van der Waals surface area contributed by atoms with Crippen molar-refractivity contribution in [1.29, 1.82) is 0 Å². The van der Waals surface area contributed by atoms with Crippen LogP contribution in [0.1, 0.15) is 60.8 Å². The Kier molecular flexibility index (Phi) is 10.5. The molecule has 1 N–H and O–H groups in total. The number of rotatable bonds is 12. The molecule has 0 aliphatic heterocycles. The summed E-state index contributed by atoms with van der Waals surface area (Å²) in [5.74, 6) is 0.554. The van der Waals surface area contributed by atoms with Crippen LogP contribution in [0.4, 0.5) is 0 Å². The Labute approximate surface area is 124 Å². The predicted octanol–water partition coefficient (Wildman–Crippen LogP) is 3.37. The molecular weight excluding hydrogens is 256 g/mol. The largest absolute Gasteiger partial charge is 0.376 e. The highest BCUT2D eigenvalue weighted by molar-refractivity contribution is 4.68. The molecule has 0 fully saturated rings. The molecule has 3 unspecified atom stereocenters. The maximum Gasteiger partial charge on any atom is 0.178 e. The normalized spacial score (nSPS) is 16.9. The molecule has 4 heteroatoms. The standard InChI is InChI=1S/C16H34O4/c1-7-9-16(5,6)20-15(17)12-18-10-11-19-14(4)13(3)8-2/h13-15,17H,7-12H2,1-6H3. The van der Waals surface area contributed by atoms with E-state index in [1.54, 1.807) is 0 Å². The second-order valence-corrected chi connectivity index (χ2v) is 6.12. The Balaban J connectivity index is 3.64. The molecule has 0 aromatic rings. The fourth-order valence-corrected chi connectivity index (χ4v) is 2.04. The van der Waals surface area contributed by atoms with E-state index in [1.807, 2.05) is 13.8 Å². The van der Waals surface area contributed by atoms with Crippen LogP contribution in [0.25, 0.3) is 0 Å². The summed E-state index contributed by atoms with van der Waals surface area (Å²) in [6.07, 6.45) is 2.43. The van der Waals surface area contributed by atoms with Gasteiger partial charge in [0.2, 0.25) is 0 Å². The molecule has 0 rings (SSSR count). The highest BCUT2D eigenvalue weighted by atomic mass is 16.6. The van der Waals surface area contributed by atoms with Gasteiger partial charge in [-0.1, -0.05) is 33.6 Å². The van der Waals surface area contributed by atoms with E-state index in [4.69, 9.17) is 14.2 Å². The van der Waals surface area contributed by atoms with E-state index >= 15 is 0 Å². The van der Waals surface area contributed by atoms with Crippen LogP contribution < -0.4 is 0 Å². The minimum atomic E-state index is -0.872. The monoisotopic (exact) mass is 290 g/mol. The van der Waals surface area contributed by atoms with Gasteiger partial charge in [-0.15, -0.1) is 0 Å². The zero-order valence-corrected chi connectivity index (χ0v) is 14.1. The average molecular weight is 290 g/mol. The maximum absolute atomic E-state index is 9.76. The van der Waals surface area contributed by atoms with E-state index in [2.05, 4.69) is 27.7 Å². The third kappa shape index (κ3) is 9.70. The van der Waals surface area contributed by atoms with E-state index in [-0.39, 0.29) is 18.3 Å². The van der Waals surface area contributed by atoms with Crippen molar-refractivity contribution in [2.24, 2.45) is 5.92 Å². The first kappa shape index (κ1) is 19.8. The summed E-state index contributed by atoms with van der Waals surface area (Å²) in [5.41, 5.74) is -0.306. The molecule has 4 nitrogen and oxygen atoms in total. The molecular formula is C16H34O4. The highest BCUT2D eigenvalue weighted by Gasteiger charge is 2.21. The Hall–Kier alpha value is -0.160. The molecule has 0 aliphatic carbocycles. The van der Waals surface area contributed by atoms with Crippen LogP contribution in [-0.2, 0) is 14.2 Å². The van der Waals surface area contributed by atoms with Gasteiger partial charge in [0, 0.05) is 0 Å². The van der Waals surface area contributed by atoms with Crippen LogP contribution in [0.2, 0.25) is 0 Å². The van der Waals surface area contributed by atoms with Gasteiger partial charge >= 0.3 is 0 Å². The zero-order chi connectivity index (χ0) is 15.6. The molecule has 0 heterocycles. The van der Waals surface area contributed by atoms with Crippen molar-refractivity contribution in [1.82, 2.24) is 0 Å². The van der Waals surface area contributed by atoms with Crippen molar-refractivity contribution < 1.29 is 19.3 Å². The predicted molar refractivity (Wildman–Crippen MR) is 81.8 cm³/mol. The molecule has 3 atom stereocenters. The lowest BCUT2D eigenvalue weighted by atomic mass is 10.0. The van der Waals surface area contributed by atoms with Gasteiger partial charge in [0.15, 0.2) is 6.29 Å². The van der Waals surface area contributed by atoms with Crippen molar-refractivity contribution in [3.63, 3.8) is 0 Å². The second-order valence-electron chi connectivity index (χ2n) is 6.12. The van der Waals surface area contributed by atoms with Gasteiger partial charge in [0.1, 0.15) is 0 Å². The maximum atomic E-state index is 9.76. The number of hydrogen-bond donors (Lipinski definition) is 1. The Morgan fingerprint density at radius 3 is 2.30 bits per heavy atom. The van der Waals surface area contributed by atoms with E-state index in [9.17, 15) is 5.11 Å². The summed E-state index contributed by atoms with van der Waals surface area (Å²) in [4.78, 5) is 0. The topological polar surface area (TPSA) is 47.9 Å². The summed E-state index contributed by atoms with van der Waals surface area (Å²) in [6.45, 7) is 13.7. The van der Waals surface area contributed by atoms with E-state index in [0.717, 1.165) is 19.3 Å². The summed E-state index contributed by atoms with van der Waals surface area (Å²) >= 11 is 0. The molecule has 0 saturated heterocycles. The van der Waals surface area contributed by atoms with Gasteiger partial charge in [0.25, 0.3) is 0 Å². The molecule has 0 radical (unpaired) electrons. The molecule has 0 amide bonds. The van der Waals surface area contributed by atoms with Gasteiger partial charge in [0.05, 0.1) is 31.5 Å². The third-order valence-corrected chi connectivity index (χ3v) is 3.62. The van der Waals surface area contributed by atoms with Crippen LogP contribution in [-0.4, -0.2) is 42.9 Å². The van der Waals surface area contributed by atoms with Crippen molar-refractivity contribution >= 4 is 0 Å². The Bertz CT molecular complexity index is 231. The zero-order valence-electron chi connectivity index (χ0n) is 14.1. The van der Waals surface area contributed by atoms with Crippen LogP contribution in [0.3, 0.4) is 0 Å². The van der Waals surface area contributed by atoms with E-state index < -0.39 is 6.29 Å². The first-order valence-electron chi connectivity index (χ1n) is 7.87. The van der Waals surface area contributed by atoms with Gasteiger partial charge < -0.3 is 19.3 Å². The summed E-state index contributed by atoms with van der Waals surface area (Å²) < 4.78 is 16.6. The lowest BCUT2D eigenvalue weighted by Gasteiger charge is -2.28. The van der Waals surface area contributed by atoms with Crippen molar-refractivity contribution in [2.45, 2.75) is 78.8 Å². The molecule has 0 aliphatic rings. The number of ether oxygens (including phenoxy) is 3. The Morgan fingerprint density at radius 2 is 1.75 bits per heavy atom. The van der Waals surface area contributed by atoms with Crippen LogP contribution >= 0.6 is 0 Å². The van der Waals surface area contributed by atoms with E-state index in [0.29, 0.717) is 19.1 Å². The fraction of sp³-hybridized carbons (Fsp3) is 1.00. The first-order valence-corrected chi connectivity index (χ1v) is 7.87. The lowest BCUT2D eigenvalue weighted by Crippen LogP contribution is -2.33. The molecule has 0 aromatic heterocycles. The molecule has 20 heavy (non-hydrogen) atoms. The van der Waals surface area contributed by atoms with Gasteiger partial charge in [-0.2, -0.15) is 0 Å². The summed E-state index contributed by atoms with van der Waals surface area (Å²) in [7, 11) is 0. The first-order chi connectivity index (χ1) is 9.32. The van der Waals surface area contributed by atoms with Crippen molar-refractivity contribution in [2.75, 3.05) is 19.8 Å². The second kappa shape index (κ2) is 10.6. The molecule has 0 spiro atoms. The molecule has 122 valence electrons. The smallest absolute Gasteiger partial charge is 0.178 e. The summed E-state index contributed by atoms with van der Waals surface area (Å²) in [6, 6.07) is 0. The Morgan fingerprint density at radius 1 is 1.10 bits per heavy atom. The van der Waals surface area contributed by atoms with Crippen LogP contribution in [0.5, 0.6) is 0 Å². The van der Waals surface area contributed by atoms with Crippen molar-refractivity contribution in [3.8, 4) is 0 Å². The SMILES string of the molecule is CCCC(C)(C)OC(O)COCCOC(C)C(C)CC. The summed E-state index contributed by atoms with van der Waals surface area (Å²) in [5, 5.41) is 9.76. The molecule has 0 aromatic carbocycles. The number of aliphatic hydroxyl groups is 1. The molecule has 0 bridgehead atoms. The fourth-order valence-electron chi connectivity index (χ4n) is 2.04. The third-order valence-electron chi connectivity index (χ3n) is 3.62. The quantitative estimate of drug-likeness (QED) is 0.442. The van der Waals surface area contributed by atoms with Crippen LogP contribution in [0.15, 0.2) is 0 Å². The minimum absolute atomic E-state index is 0.189. The van der Waals surface area contributed by atoms with Crippen LogP contribution in [0, 0.1) is 5.92 Å². The van der Waals surface area contributed by atoms with E-state index in [1.165, 1.54) is 0 Å². The van der Waals surface area contributed by atoms with Gasteiger partial charge in [-0.3, -0.25) is 0 Å². The van der Waals surface area contributed by atoms with Crippen molar-refractivity contribution in [3.05, 3.63) is 0 Å². The van der Waals surface area contributed by atoms with Gasteiger partial charge in [-0.05, 0) is 33.1 Å². The highest BCUT2D eigenvalue weighted by Crippen LogP contribution is 2.18. The van der Waals surface area contributed by atoms with Gasteiger partial charge in [-0.25, -0.2) is 0 Å². The average Bonchev–Trinajstić information content (AvgIpc) is 2.36. The number of hydrogen-bond acceptors (Lipinski definition) is 4. The minimum Gasteiger partial charge on any atom is -0.376 e.